The Hall–Kier alpha value is -6.25. The van der Waals surface area contributed by atoms with Crippen molar-refractivity contribution in [2.24, 2.45) is 0 Å². The molecule has 0 aromatic carbocycles. The summed E-state index contributed by atoms with van der Waals surface area (Å²) in [6, 6.07) is 0. The fraction of sp³-hybridized carbons (Fsp3) is 0.529. The molecule has 2 aliphatic heterocycles. The topological polar surface area (TPSA) is 303 Å². The fourth-order valence-electron chi connectivity index (χ4n) is 6.23. The molecule has 2 unspecified atom stereocenters. The zero-order chi connectivity index (χ0) is 48.7. The number of carbonyl (C=O) groups is 6. The molecular formula is C34H35F6IN8O16. The highest BCUT2D eigenvalue weighted by atomic mass is 127. The van der Waals surface area contributed by atoms with Crippen LogP contribution in [0.3, 0.4) is 0 Å². The van der Waals surface area contributed by atoms with Crippen molar-refractivity contribution >= 4 is 80.7 Å². The molecule has 6 rings (SSSR count). The summed E-state index contributed by atoms with van der Waals surface area (Å²) >= 11 is 0.378. The number of aromatic nitrogens is 8. The lowest BCUT2D eigenvalue weighted by Crippen LogP contribution is -2.41. The van der Waals surface area contributed by atoms with Gasteiger partial charge in [0.25, 0.3) is 11.1 Å². The number of imidazole rings is 2. The Morgan fingerprint density at radius 3 is 1.46 bits per heavy atom. The van der Waals surface area contributed by atoms with E-state index in [0.29, 0.717) is 27.2 Å². The van der Waals surface area contributed by atoms with Gasteiger partial charge in [-0.1, -0.05) is 0 Å². The van der Waals surface area contributed by atoms with Gasteiger partial charge < -0.3 is 47.9 Å². The molecule has 4 aromatic heterocycles. The van der Waals surface area contributed by atoms with Gasteiger partial charge in [0.1, 0.15) is 25.4 Å². The number of H-pyrrole nitrogens is 2. The normalized spacial score (nSPS) is 22.7. The second kappa shape index (κ2) is 21.2. The molecule has 0 saturated carbocycles. The van der Waals surface area contributed by atoms with Crippen molar-refractivity contribution in [1.82, 2.24) is 39.0 Å². The smallest absolute Gasteiger partial charge is 0.449 e. The number of carbonyl (C=O) groups excluding carboxylic acids is 6. The maximum atomic E-state index is 13.8. The van der Waals surface area contributed by atoms with E-state index in [2.05, 4.69) is 29.9 Å². The highest BCUT2D eigenvalue weighted by Crippen LogP contribution is 2.40. The van der Waals surface area contributed by atoms with Gasteiger partial charge in [-0.3, -0.25) is 47.5 Å². The third-order valence-corrected chi connectivity index (χ3v) is 8.31. The summed E-state index contributed by atoms with van der Waals surface area (Å²) in [5.74, 6) is -5.90. The van der Waals surface area contributed by atoms with Crippen LogP contribution in [0.4, 0.5) is 26.3 Å². The average Bonchev–Trinajstić information content (AvgIpc) is 3.93. The molecule has 0 aliphatic carbocycles. The van der Waals surface area contributed by atoms with Gasteiger partial charge in [0.15, 0.2) is 59.2 Å². The predicted molar refractivity (Wildman–Crippen MR) is 205 cm³/mol. The molecule has 31 heteroatoms. The number of ether oxygens (including phenoxy) is 8. The van der Waals surface area contributed by atoms with E-state index < -0.39 is 130 Å². The minimum atomic E-state index is -5.07. The van der Waals surface area contributed by atoms with Crippen LogP contribution in [0.25, 0.3) is 22.3 Å². The summed E-state index contributed by atoms with van der Waals surface area (Å²) < 4.78 is 112. The second-order valence-corrected chi connectivity index (χ2v) is 14.4. The Morgan fingerprint density at radius 1 is 0.631 bits per heavy atom. The molecule has 2 saturated heterocycles. The third-order valence-electron chi connectivity index (χ3n) is 8.31. The van der Waals surface area contributed by atoms with E-state index >= 15 is 0 Å². The summed E-state index contributed by atoms with van der Waals surface area (Å²) in [5.41, 5.74) is -2.33. The Balaban J connectivity index is 0.000000259. The molecule has 356 valence electrons. The maximum Gasteiger partial charge on any atom is 0.449 e. The quantitative estimate of drug-likeness (QED) is 0.0753. The number of halogens is 7. The average molecular weight is 1050 g/mol. The van der Waals surface area contributed by atoms with Crippen molar-refractivity contribution in [3.8, 4) is 0 Å². The zero-order valence-electron chi connectivity index (χ0n) is 34.1. The lowest BCUT2D eigenvalue weighted by atomic mass is 10.1. The molecule has 2 fully saturated rings. The summed E-state index contributed by atoms with van der Waals surface area (Å²) in [6.07, 6.45) is -11.9. The molecule has 0 spiro atoms. The number of hydrogen-bond donors (Lipinski definition) is 2. The first kappa shape index (κ1) is 51.4. The van der Waals surface area contributed by atoms with Gasteiger partial charge in [0.05, 0.1) is 19.0 Å². The molecule has 24 nitrogen and oxygen atoms in total. The molecule has 0 radical (unpaired) electrons. The Labute approximate surface area is 371 Å². The molecule has 4 aromatic rings. The minimum Gasteiger partial charge on any atom is -0.463 e. The second-order valence-electron chi connectivity index (χ2n) is 13.2. The van der Waals surface area contributed by atoms with E-state index in [1.54, 1.807) is 0 Å². The fourth-order valence-corrected chi connectivity index (χ4v) is 6.23. The van der Waals surface area contributed by atoms with Gasteiger partial charge >= 0.3 is 46.2 Å². The van der Waals surface area contributed by atoms with Crippen molar-refractivity contribution in [1.29, 1.82) is 0 Å². The van der Waals surface area contributed by atoms with Crippen LogP contribution in [0.15, 0.2) is 28.6 Å². The van der Waals surface area contributed by atoms with Gasteiger partial charge in [-0.15, -0.1) is 0 Å². The molecule has 2 aliphatic rings. The van der Waals surface area contributed by atoms with Gasteiger partial charge in [-0.05, 0) is 0 Å². The van der Waals surface area contributed by atoms with Crippen LogP contribution >= 0.6 is 22.6 Å². The molecule has 0 bridgehead atoms. The van der Waals surface area contributed by atoms with Gasteiger partial charge in [0, 0.05) is 64.1 Å². The number of rotatable bonds is 10. The molecule has 6 heterocycles. The number of aromatic amines is 2. The van der Waals surface area contributed by atoms with Crippen molar-refractivity contribution in [2.75, 3.05) is 13.2 Å². The summed E-state index contributed by atoms with van der Waals surface area (Å²) in [4.78, 5) is 112. The van der Waals surface area contributed by atoms with Crippen molar-refractivity contribution in [3.05, 3.63) is 45.5 Å². The number of nitrogens with one attached hydrogen (secondary N) is 2. The van der Waals surface area contributed by atoms with Crippen LogP contribution in [-0.4, -0.2) is 129 Å². The van der Waals surface area contributed by atoms with E-state index in [1.807, 2.05) is 0 Å². The van der Waals surface area contributed by atoms with Crippen LogP contribution < -0.4 is 11.1 Å². The van der Waals surface area contributed by atoms with E-state index in [1.165, 1.54) is 38.0 Å². The first-order chi connectivity index (χ1) is 30.2. The summed E-state index contributed by atoms with van der Waals surface area (Å²) in [7, 11) is 0. The minimum absolute atomic E-state index is 0.0557. The van der Waals surface area contributed by atoms with Crippen LogP contribution in [0, 0.1) is 0 Å². The van der Waals surface area contributed by atoms with E-state index in [9.17, 15) is 64.7 Å². The predicted octanol–water partition coefficient (Wildman–Crippen LogP) is 1.85. The largest absolute Gasteiger partial charge is 0.463 e. The number of alkyl halides is 7. The monoisotopic (exact) mass is 1050 g/mol. The van der Waals surface area contributed by atoms with Crippen molar-refractivity contribution in [3.63, 3.8) is 0 Å². The standard InChI is InChI=1S/C17H17F3N4O8.C16H18N4O8.CF3I/c1-6(25)29-4-9-11(30-7(2)26)12(31-8(3)27)15(32-9)24-13-10(14(28)22-5-21-13)23-16(24)17(18,19)20;1-7(21)25-4-10-12(26-8(2)22)13(27-9(3)23)16(28-10)20-6-19-11-14(20)17-5-18-15(11)24;2-1(3,4)5/h5,9,11-12,15H,4H2,1-3H3,(H,21,22,28);5-6,10,12-13,16H,4H2,1-3H3,(H,17,18,24);/t9-,11+,12?,15-;10-,12+,13?,16-;/m11./s1. The maximum absolute atomic E-state index is 13.8. The number of fused-ring (bicyclic) bond motifs is 2. The Morgan fingerprint density at radius 2 is 1.03 bits per heavy atom. The van der Waals surface area contributed by atoms with Crippen LogP contribution in [0.2, 0.25) is 0 Å². The molecular weight excluding hydrogens is 1020 g/mol. The number of esters is 6. The molecule has 0 amide bonds. The van der Waals surface area contributed by atoms with E-state index in [0.717, 1.165) is 27.1 Å². The lowest BCUT2D eigenvalue weighted by Gasteiger charge is -2.24. The van der Waals surface area contributed by atoms with Crippen LogP contribution in [0.1, 0.15) is 59.8 Å². The highest BCUT2D eigenvalue weighted by Gasteiger charge is 2.54. The highest BCUT2D eigenvalue weighted by molar-refractivity contribution is 14.1. The van der Waals surface area contributed by atoms with Gasteiger partial charge in [0.2, 0.25) is 5.82 Å². The SMILES string of the molecule is CC(=O)OC[C@H]1O[C@@H](n2c(C(F)(F)F)nc3c(=O)[nH]cnc32)C(OC(C)=O)[C@H]1OC(C)=O.CC(=O)OC[C@H]1O[C@@H](n2cnc3c(=O)[nH]cnc32)C(OC(C)=O)[C@H]1OC(C)=O.FC(F)(F)I. The van der Waals surface area contributed by atoms with E-state index in [-0.39, 0.29) is 17.8 Å². The lowest BCUT2D eigenvalue weighted by molar-refractivity contribution is -0.168. The van der Waals surface area contributed by atoms with E-state index in [4.69, 9.17) is 37.9 Å². The van der Waals surface area contributed by atoms with Gasteiger partial charge in [-0.25, -0.2) is 19.9 Å². The van der Waals surface area contributed by atoms with Crippen molar-refractivity contribution < 1.29 is 93.0 Å². The zero-order valence-corrected chi connectivity index (χ0v) is 36.3. The summed E-state index contributed by atoms with van der Waals surface area (Å²) in [6.45, 7) is 5.93. The summed E-state index contributed by atoms with van der Waals surface area (Å²) in [5, 5.41) is 0. The third kappa shape index (κ3) is 13.6. The molecule has 2 N–H and O–H groups in total. The first-order valence-corrected chi connectivity index (χ1v) is 19.2. The number of hydrogen-bond acceptors (Lipinski definition) is 20. The van der Waals surface area contributed by atoms with Crippen molar-refractivity contribution in [2.45, 2.75) is 101 Å². The van der Waals surface area contributed by atoms with Crippen LogP contribution in [-0.2, 0) is 72.8 Å². The Bertz CT molecular complexity index is 2520. The number of nitrogens with zero attached hydrogens (tertiary/aromatic N) is 6. The van der Waals surface area contributed by atoms with Gasteiger partial charge in [-0.2, -0.15) is 26.3 Å². The van der Waals surface area contributed by atoms with Crippen LogP contribution in [0.5, 0.6) is 0 Å². The Kier molecular flexibility index (Phi) is 16.7. The molecule has 65 heavy (non-hydrogen) atoms. The first-order valence-electron chi connectivity index (χ1n) is 18.1. The molecule has 8 atom stereocenters.